The predicted molar refractivity (Wildman–Crippen MR) is 64.1 cm³/mol. The van der Waals surface area contributed by atoms with Crippen LogP contribution >= 0.6 is 11.6 Å². The van der Waals surface area contributed by atoms with Crippen LogP contribution in [0.3, 0.4) is 0 Å². The maximum atomic E-state index is 10.6. The van der Waals surface area contributed by atoms with Crippen molar-refractivity contribution >= 4 is 17.6 Å². The molecule has 0 aliphatic heterocycles. The first-order valence-electron chi connectivity index (χ1n) is 5.13. The molecule has 6 nitrogen and oxygen atoms in total. The summed E-state index contributed by atoms with van der Waals surface area (Å²) in [5.41, 5.74) is 0.754. The number of ether oxygens (including phenoxy) is 1. The zero-order chi connectivity index (χ0) is 13.1. The van der Waals surface area contributed by atoms with Gasteiger partial charge in [0, 0.05) is 5.02 Å². The van der Waals surface area contributed by atoms with Crippen LogP contribution < -0.4 is 4.74 Å². The maximum absolute atomic E-state index is 10.6. The number of halogens is 1. The number of carboxylic acids is 1. The molecule has 18 heavy (non-hydrogen) atoms. The van der Waals surface area contributed by atoms with Gasteiger partial charge in [-0.1, -0.05) is 11.6 Å². The number of benzene rings is 1. The molecule has 94 valence electrons. The molecule has 2 aromatic rings. The van der Waals surface area contributed by atoms with Crippen molar-refractivity contribution in [2.45, 2.75) is 13.0 Å². The van der Waals surface area contributed by atoms with Crippen LogP contribution in [0.1, 0.15) is 6.92 Å². The quantitative estimate of drug-likeness (QED) is 0.913. The second-order valence-electron chi connectivity index (χ2n) is 3.55. The number of nitrogens with zero attached hydrogens (tertiary/aromatic N) is 3. The van der Waals surface area contributed by atoms with Crippen LogP contribution in [0.4, 0.5) is 0 Å². The lowest BCUT2D eigenvalue weighted by Crippen LogP contribution is -2.23. The Balaban J connectivity index is 2.15. The van der Waals surface area contributed by atoms with Gasteiger partial charge in [0.15, 0.2) is 6.10 Å². The van der Waals surface area contributed by atoms with Gasteiger partial charge < -0.3 is 9.84 Å². The fourth-order valence-electron chi connectivity index (χ4n) is 1.23. The van der Waals surface area contributed by atoms with E-state index in [0.29, 0.717) is 5.02 Å². The van der Waals surface area contributed by atoms with Gasteiger partial charge in [-0.3, -0.25) is 0 Å². The molecule has 0 fully saturated rings. The number of aliphatic carboxylic acids is 1. The van der Waals surface area contributed by atoms with Gasteiger partial charge in [0.25, 0.3) is 0 Å². The van der Waals surface area contributed by atoms with Crippen molar-refractivity contribution in [3.05, 3.63) is 35.6 Å². The molecule has 0 saturated heterocycles. The zero-order valence-electron chi connectivity index (χ0n) is 9.45. The van der Waals surface area contributed by atoms with Gasteiger partial charge in [0.2, 0.25) is 0 Å². The van der Waals surface area contributed by atoms with Crippen LogP contribution in [-0.2, 0) is 4.79 Å². The summed E-state index contributed by atoms with van der Waals surface area (Å²) in [4.78, 5) is 14.5. The van der Waals surface area contributed by atoms with Gasteiger partial charge >= 0.3 is 12.0 Å². The predicted octanol–water partition coefficient (Wildman–Crippen LogP) is 1.77. The highest BCUT2D eigenvalue weighted by Gasteiger charge is 2.15. The summed E-state index contributed by atoms with van der Waals surface area (Å²) in [5.74, 6) is -1.07. The fourth-order valence-corrected chi connectivity index (χ4v) is 1.35. The Hall–Kier alpha value is -2.08. The summed E-state index contributed by atoms with van der Waals surface area (Å²) in [6.45, 7) is 1.41. The minimum Gasteiger partial charge on any atom is -0.479 e. The number of aromatic nitrogens is 3. The lowest BCUT2D eigenvalue weighted by molar-refractivity contribution is -0.144. The molecule has 1 N–H and O–H groups in total. The molecule has 1 aromatic heterocycles. The summed E-state index contributed by atoms with van der Waals surface area (Å²) in [6, 6.07) is 6.99. The summed E-state index contributed by atoms with van der Waals surface area (Å²) in [6.07, 6.45) is 0.443. The van der Waals surface area contributed by atoms with E-state index in [0.717, 1.165) is 5.69 Å². The number of hydrogen-bond acceptors (Lipinski definition) is 4. The lowest BCUT2D eigenvalue weighted by atomic mass is 10.3. The molecule has 0 aliphatic carbocycles. The second-order valence-corrected chi connectivity index (χ2v) is 3.98. The second kappa shape index (κ2) is 5.05. The molecule has 1 heterocycles. The first-order chi connectivity index (χ1) is 8.56. The summed E-state index contributed by atoms with van der Waals surface area (Å²) in [7, 11) is 0. The van der Waals surface area contributed by atoms with Gasteiger partial charge in [-0.15, -0.1) is 5.10 Å². The van der Waals surface area contributed by atoms with Crippen molar-refractivity contribution in [2.75, 3.05) is 0 Å². The fraction of sp³-hybridized carbons (Fsp3) is 0.182. The topological polar surface area (TPSA) is 77.2 Å². The largest absolute Gasteiger partial charge is 0.479 e. The standard InChI is InChI=1S/C11H10ClN3O3/c1-7(10(16)17)18-11-13-6-15(14-11)9-4-2-8(12)3-5-9/h2-7H,1H3,(H,16,17). The van der Waals surface area contributed by atoms with Crippen molar-refractivity contribution < 1.29 is 14.6 Å². The van der Waals surface area contributed by atoms with Crippen LogP contribution in [0.5, 0.6) is 6.01 Å². The van der Waals surface area contributed by atoms with E-state index in [1.807, 2.05) is 0 Å². The summed E-state index contributed by atoms with van der Waals surface area (Å²) >= 11 is 5.77. The van der Waals surface area contributed by atoms with E-state index in [2.05, 4.69) is 10.1 Å². The van der Waals surface area contributed by atoms with Crippen LogP contribution in [0.15, 0.2) is 30.6 Å². The van der Waals surface area contributed by atoms with E-state index in [4.69, 9.17) is 21.4 Å². The van der Waals surface area contributed by atoms with E-state index >= 15 is 0 Å². The van der Waals surface area contributed by atoms with Crippen molar-refractivity contribution in [1.29, 1.82) is 0 Å². The van der Waals surface area contributed by atoms with Gasteiger partial charge in [-0.2, -0.15) is 4.98 Å². The molecule has 1 aromatic carbocycles. The van der Waals surface area contributed by atoms with E-state index in [-0.39, 0.29) is 6.01 Å². The third-order valence-corrected chi connectivity index (χ3v) is 2.44. The average molecular weight is 268 g/mol. The SMILES string of the molecule is CC(Oc1ncn(-c2ccc(Cl)cc2)n1)C(=O)O. The maximum Gasteiger partial charge on any atom is 0.344 e. The molecule has 2 rings (SSSR count). The first-order valence-corrected chi connectivity index (χ1v) is 5.51. The van der Waals surface area contributed by atoms with Crippen molar-refractivity contribution in [3.8, 4) is 11.7 Å². The molecule has 0 amide bonds. The summed E-state index contributed by atoms with van der Waals surface area (Å²) < 4.78 is 6.51. The Kier molecular flexibility index (Phi) is 3.47. The average Bonchev–Trinajstić information content (AvgIpc) is 2.78. The van der Waals surface area contributed by atoms with Crippen LogP contribution in [0.25, 0.3) is 5.69 Å². The minimum absolute atomic E-state index is 0.0138. The molecule has 0 radical (unpaired) electrons. The Morgan fingerprint density at radius 3 is 2.72 bits per heavy atom. The molecule has 0 bridgehead atoms. The molecule has 1 unspecified atom stereocenters. The molecule has 7 heteroatoms. The highest BCUT2D eigenvalue weighted by Crippen LogP contribution is 2.14. The van der Waals surface area contributed by atoms with Crippen LogP contribution in [0.2, 0.25) is 5.02 Å². The van der Waals surface area contributed by atoms with Gasteiger partial charge in [-0.25, -0.2) is 9.48 Å². The minimum atomic E-state index is -1.07. The molecule has 0 saturated carbocycles. The monoisotopic (exact) mass is 267 g/mol. The smallest absolute Gasteiger partial charge is 0.344 e. The van der Waals surface area contributed by atoms with Gasteiger partial charge in [-0.05, 0) is 31.2 Å². The third kappa shape index (κ3) is 2.78. The van der Waals surface area contributed by atoms with Gasteiger partial charge in [0.1, 0.15) is 6.33 Å². The number of carbonyl (C=O) groups is 1. The summed E-state index contributed by atoms with van der Waals surface area (Å²) in [5, 5.41) is 13.3. The third-order valence-electron chi connectivity index (χ3n) is 2.19. The number of carboxylic acid groups (broad SMARTS) is 1. The van der Waals surface area contributed by atoms with Crippen molar-refractivity contribution in [2.24, 2.45) is 0 Å². The van der Waals surface area contributed by atoms with Gasteiger partial charge in [0.05, 0.1) is 5.69 Å². The number of rotatable bonds is 4. The molecule has 1 atom stereocenters. The molecule has 0 spiro atoms. The molecule has 0 aliphatic rings. The zero-order valence-corrected chi connectivity index (χ0v) is 10.2. The Bertz CT molecular complexity index is 553. The first kappa shape index (κ1) is 12.4. The highest BCUT2D eigenvalue weighted by molar-refractivity contribution is 6.30. The van der Waals surface area contributed by atoms with Crippen molar-refractivity contribution in [3.63, 3.8) is 0 Å². The normalized spacial score (nSPS) is 12.1. The van der Waals surface area contributed by atoms with Crippen molar-refractivity contribution in [1.82, 2.24) is 14.8 Å². The van der Waals surface area contributed by atoms with E-state index in [1.165, 1.54) is 17.9 Å². The van der Waals surface area contributed by atoms with Crippen LogP contribution in [-0.4, -0.2) is 31.9 Å². The van der Waals surface area contributed by atoms with E-state index < -0.39 is 12.1 Å². The molecular weight excluding hydrogens is 258 g/mol. The molecular formula is C11H10ClN3O3. The Labute approximate surface area is 108 Å². The highest BCUT2D eigenvalue weighted by atomic mass is 35.5. The number of hydrogen-bond donors (Lipinski definition) is 1. The Morgan fingerprint density at radius 2 is 2.11 bits per heavy atom. The van der Waals surface area contributed by atoms with E-state index in [1.54, 1.807) is 24.3 Å². The van der Waals surface area contributed by atoms with E-state index in [9.17, 15) is 4.79 Å². The Morgan fingerprint density at radius 1 is 1.44 bits per heavy atom. The lowest BCUT2D eigenvalue weighted by Gasteiger charge is -2.05. The van der Waals surface area contributed by atoms with Crippen LogP contribution in [0, 0.1) is 0 Å².